The molecule has 0 saturated carbocycles. The molecule has 0 radical (unpaired) electrons. The van der Waals surface area contributed by atoms with Gasteiger partial charge in [0, 0.05) is 36.3 Å². The predicted molar refractivity (Wildman–Crippen MR) is 93.7 cm³/mol. The highest BCUT2D eigenvalue weighted by Crippen LogP contribution is 2.25. The number of carbonyl (C=O) groups is 2. The molecule has 0 aliphatic carbocycles. The van der Waals surface area contributed by atoms with Crippen LogP contribution in [0.15, 0.2) is 36.0 Å². The van der Waals surface area contributed by atoms with Crippen LogP contribution < -0.4 is 5.32 Å². The van der Waals surface area contributed by atoms with Crippen molar-refractivity contribution in [1.29, 1.82) is 0 Å². The molecule has 1 saturated heterocycles. The highest BCUT2D eigenvalue weighted by Gasteiger charge is 2.31. The number of para-hydroxylation sites is 1. The van der Waals surface area contributed by atoms with Crippen molar-refractivity contribution in [3.8, 4) is 0 Å². The van der Waals surface area contributed by atoms with E-state index in [4.69, 9.17) is 12.2 Å². The zero-order chi connectivity index (χ0) is 16.6. The molecule has 1 aliphatic rings. The van der Waals surface area contributed by atoms with E-state index < -0.39 is 5.91 Å². The van der Waals surface area contributed by atoms with E-state index >= 15 is 0 Å². The summed E-state index contributed by atoms with van der Waals surface area (Å²) in [7, 11) is 1.55. The molecular weight excluding hydrogens is 310 g/mol. The molecule has 1 fully saturated rings. The van der Waals surface area contributed by atoms with Crippen LogP contribution in [-0.4, -0.2) is 33.4 Å². The van der Waals surface area contributed by atoms with Crippen LogP contribution in [-0.2, 0) is 16.1 Å². The van der Waals surface area contributed by atoms with Gasteiger partial charge in [-0.1, -0.05) is 25.1 Å². The Labute approximate surface area is 139 Å². The topological polar surface area (TPSA) is 54.3 Å². The number of aromatic nitrogens is 1. The fourth-order valence-electron chi connectivity index (χ4n) is 2.72. The molecule has 0 bridgehead atoms. The summed E-state index contributed by atoms with van der Waals surface area (Å²) in [6.07, 6.45) is 4.63. The van der Waals surface area contributed by atoms with Gasteiger partial charge in [-0.25, -0.2) is 0 Å². The quantitative estimate of drug-likeness (QED) is 0.535. The van der Waals surface area contributed by atoms with Crippen LogP contribution in [0, 0.1) is 0 Å². The van der Waals surface area contributed by atoms with E-state index in [9.17, 15) is 9.59 Å². The highest BCUT2D eigenvalue weighted by atomic mass is 32.1. The van der Waals surface area contributed by atoms with E-state index in [2.05, 4.69) is 16.8 Å². The van der Waals surface area contributed by atoms with Crippen molar-refractivity contribution in [2.24, 2.45) is 0 Å². The summed E-state index contributed by atoms with van der Waals surface area (Å²) < 4.78 is 2.14. The number of likely N-dealkylation sites (N-methyl/N-ethyl adjacent to an activating group) is 1. The molecule has 6 heteroatoms. The Morgan fingerprint density at radius 1 is 1.26 bits per heavy atom. The van der Waals surface area contributed by atoms with E-state index in [1.807, 2.05) is 30.5 Å². The van der Waals surface area contributed by atoms with Crippen molar-refractivity contribution in [1.82, 2.24) is 14.8 Å². The molecule has 23 heavy (non-hydrogen) atoms. The lowest BCUT2D eigenvalue weighted by molar-refractivity contribution is -0.128. The number of hydrogen-bond donors (Lipinski definition) is 1. The number of nitrogens with zero attached hydrogens (tertiary/aromatic N) is 2. The van der Waals surface area contributed by atoms with Crippen molar-refractivity contribution in [3.63, 3.8) is 0 Å². The molecule has 3 rings (SSSR count). The third-order valence-electron chi connectivity index (χ3n) is 3.89. The first-order valence-electron chi connectivity index (χ1n) is 7.46. The Hall–Kier alpha value is -2.47. The highest BCUT2D eigenvalue weighted by molar-refractivity contribution is 7.80. The van der Waals surface area contributed by atoms with Crippen LogP contribution in [0.4, 0.5) is 0 Å². The second-order valence-corrected chi connectivity index (χ2v) is 5.86. The lowest BCUT2D eigenvalue weighted by atomic mass is 10.1. The maximum absolute atomic E-state index is 12.3. The number of carbonyl (C=O) groups excluding carboxylic acids is 2. The van der Waals surface area contributed by atoms with E-state index in [0.29, 0.717) is 0 Å². The standard InChI is InChI=1S/C17H17N3O2S/c1-3-8-20-10-11(12-6-4-5-7-14(12)20)9-13-15(21)18-17(23)19(2)16(13)22/h4-7,9-10H,3,8H2,1-2H3,(H,18,21,23)/b13-9-. The summed E-state index contributed by atoms with van der Waals surface area (Å²) in [4.78, 5) is 25.7. The van der Waals surface area contributed by atoms with E-state index in [0.717, 1.165) is 29.4 Å². The van der Waals surface area contributed by atoms with E-state index in [-0.39, 0.29) is 16.6 Å². The van der Waals surface area contributed by atoms with Crippen molar-refractivity contribution >= 4 is 46.1 Å². The van der Waals surface area contributed by atoms with Gasteiger partial charge in [0.25, 0.3) is 11.8 Å². The van der Waals surface area contributed by atoms with Crippen molar-refractivity contribution in [2.45, 2.75) is 19.9 Å². The third-order valence-corrected chi connectivity index (χ3v) is 4.26. The molecule has 1 aromatic carbocycles. The van der Waals surface area contributed by atoms with Gasteiger partial charge in [0.1, 0.15) is 5.57 Å². The summed E-state index contributed by atoms with van der Waals surface area (Å²) in [5, 5.41) is 3.68. The number of aryl methyl sites for hydroxylation is 1. The van der Waals surface area contributed by atoms with Gasteiger partial charge in [0.2, 0.25) is 0 Å². The van der Waals surface area contributed by atoms with Crippen LogP contribution >= 0.6 is 12.2 Å². The molecule has 118 valence electrons. The van der Waals surface area contributed by atoms with Crippen LogP contribution in [0.2, 0.25) is 0 Å². The normalized spacial score (nSPS) is 17.2. The molecule has 1 N–H and O–H groups in total. The second-order valence-electron chi connectivity index (χ2n) is 5.48. The molecular formula is C17H17N3O2S. The Kier molecular flexibility index (Phi) is 4.00. The maximum Gasteiger partial charge on any atom is 0.265 e. The zero-order valence-corrected chi connectivity index (χ0v) is 13.8. The van der Waals surface area contributed by atoms with E-state index in [1.54, 1.807) is 13.1 Å². The van der Waals surface area contributed by atoms with Gasteiger partial charge in [-0.15, -0.1) is 0 Å². The zero-order valence-electron chi connectivity index (χ0n) is 13.0. The van der Waals surface area contributed by atoms with Gasteiger partial charge in [-0.2, -0.15) is 0 Å². The van der Waals surface area contributed by atoms with Crippen molar-refractivity contribution in [2.75, 3.05) is 7.05 Å². The average molecular weight is 327 g/mol. The lowest BCUT2D eigenvalue weighted by Crippen LogP contribution is -2.52. The molecule has 1 aliphatic heterocycles. The number of nitrogens with one attached hydrogen (secondary N) is 1. The van der Waals surface area contributed by atoms with Crippen LogP contribution in [0.25, 0.3) is 17.0 Å². The van der Waals surface area contributed by atoms with Gasteiger partial charge in [-0.05, 0) is 30.8 Å². The molecule has 0 unspecified atom stereocenters. The molecule has 0 spiro atoms. The number of benzene rings is 1. The smallest absolute Gasteiger partial charge is 0.265 e. The van der Waals surface area contributed by atoms with Crippen molar-refractivity contribution < 1.29 is 9.59 Å². The predicted octanol–water partition coefficient (Wildman–Crippen LogP) is 2.31. The molecule has 2 heterocycles. The third kappa shape index (κ3) is 2.66. The fraction of sp³-hybridized carbons (Fsp3) is 0.235. The number of thiocarbonyl (C=S) groups is 1. The lowest BCUT2D eigenvalue weighted by Gasteiger charge is -2.24. The van der Waals surface area contributed by atoms with Crippen LogP contribution in [0.1, 0.15) is 18.9 Å². The summed E-state index contributed by atoms with van der Waals surface area (Å²) in [5.41, 5.74) is 2.04. The summed E-state index contributed by atoms with van der Waals surface area (Å²) >= 11 is 4.96. The first kappa shape index (κ1) is 15.4. The fourth-order valence-corrected chi connectivity index (χ4v) is 2.89. The molecule has 2 amide bonds. The van der Waals surface area contributed by atoms with Gasteiger partial charge < -0.3 is 4.57 Å². The number of fused-ring (bicyclic) bond motifs is 1. The minimum atomic E-state index is -0.453. The molecule has 5 nitrogen and oxygen atoms in total. The summed E-state index contributed by atoms with van der Waals surface area (Å²) in [5.74, 6) is -0.837. The largest absolute Gasteiger partial charge is 0.347 e. The SMILES string of the molecule is CCCn1cc(/C=C2/C(=O)NC(=S)N(C)C2=O)c2ccccc21. The maximum atomic E-state index is 12.3. The van der Waals surface area contributed by atoms with Gasteiger partial charge in [-0.3, -0.25) is 19.8 Å². The number of rotatable bonds is 3. The van der Waals surface area contributed by atoms with Gasteiger partial charge in [0.05, 0.1) is 0 Å². The number of amides is 2. The van der Waals surface area contributed by atoms with Gasteiger partial charge in [0.15, 0.2) is 5.11 Å². The first-order valence-corrected chi connectivity index (χ1v) is 7.86. The van der Waals surface area contributed by atoms with E-state index in [1.165, 1.54) is 4.90 Å². The van der Waals surface area contributed by atoms with Crippen LogP contribution in [0.5, 0.6) is 0 Å². The minimum Gasteiger partial charge on any atom is -0.347 e. The Morgan fingerprint density at radius 2 is 2.00 bits per heavy atom. The molecule has 0 atom stereocenters. The second kappa shape index (κ2) is 5.96. The average Bonchev–Trinajstić information content (AvgIpc) is 2.88. The Bertz CT molecular complexity index is 851. The monoisotopic (exact) mass is 327 g/mol. The molecule has 1 aromatic heterocycles. The summed E-state index contributed by atoms with van der Waals surface area (Å²) in [6, 6.07) is 7.96. The first-order chi connectivity index (χ1) is 11.0. The summed E-state index contributed by atoms with van der Waals surface area (Å²) in [6.45, 7) is 2.99. The van der Waals surface area contributed by atoms with Gasteiger partial charge >= 0.3 is 0 Å². The van der Waals surface area contributed by atoms with Crippen molar-refractivity contribution in [3.05, 3.63) is 41.6 Å². The Balaban J connectivity index is 2.12. The number of hydrogen-bond acceptors (Lipinski definition) is 3. The molecule has 2 aromatic rings. The minimum absolute atomic E-state index is 0.0977. The Morgan fingerprint density at radius 3 is 2.74 bits per heavy atom. The van der Waals surface area contributed by atoms with Crippen LogP contribution in [0.3, 0.4) is 0 Å².